The van der Waals surface area contributed by atoms with Gasteiger partial charge in [0.2, 0.25) is 5.75 Å². The molecular formula is C19H17NO5. The average Bonchev–Trinajstić information content (AvgIpc) is 2.60. The highest BCUT2D eigenvalue weighted by Gasteiger charge is 2.17. The van der Waals surface area contributed by atoms with Crippen molar-refractivity contribution in [3.05, 3.63) is 64.4 Å². The van der Waals surface area contributed by atoms with Crippen molar-refractivity contribution in [3.63, 3.8) is 0 Å². The van der Waals surface area contributed by atoms with E-state index >= 15 is 0 Å². The van der Waals surface area contributed by atoms with Crippen LogP contribution in [0, 0.1) is 0 Å². The SMILES string of the molecule is CC(=O)Oc1ccc2c(O)c(OCc3ccccc3)c(=O)n(C)c2c1. The van der Waals surface area contributed by atoms with Gasteiger partial charge in [-0.05, 0) is 17.7 Å². The molecule has 1 N–H and O–H groups in total. The normalized spacial score (nSPS) is 10.6. The predicted octanol–water partition coefficient (Wildman–Crippen LogP) is 2.75. The molecule has 128 valence electrons. The van der Waals surface area contributed by atoms with Crippen LogP contribution in [0.15, 0.2) is 53.3 Å². The van der Waals surface area contributed by atoms with Crippen molar-refractivity contribution in [3.8, 4) is 17.2 Å². The number of aryl methyl sites for hydroxylation is 1. The Morgan fingerprint density at radius 3 is 2.56 bits per heavy atom. The third-order valence-corrected chi connectivity index (χ3v) is 3.79. The summed E-state index contributed by atoms with van der Waals surface area (Å²) in [6.45, 7) is 1.46. The summed E-state index contributed by atoms with van der Waals surface area (Å²) < 4.78 is 11.9. The predicted molar refractivity (Wildman–Crippen MR) is 92.9 cm³/mol. The van der Waals surface area contributed by atoms with Crippen LogP contribution >= 0.6 is 0 Å². The van der Waals surface area contributed by atoms with E-state index in [1.165, 1.54) is 17.6 Å². The molecule has 0 bridgehead atoms. The maximum atomic E-state index is 12.5. The molecule has 0 fully saturated rings. The largest absolute Gasteiger partial charge is 0.504 e. The zero-order chi connectivity index (χ0) is 18.0. The first-order chi connectivity index (χ1) is 12.0. The summed E-state index contributed by atoms with van der Waals surface area (Å²) >= 11 is 0. The topological polar surface area (TPSA) is 77.8 Å². The Balaban J connectivity index is 2.03. The number of benzene rings is 2. The van der Waals surface area contributed by atoms with Crippen LogP contribution in [-0.4, -0.2) is 15.6 Å². The maximum Gasteiger partial charge on any atom is 0.308 e. The standard InChI is InChI=1S/C19H17NO5/c1-12(21)25-14-8-9-15-16(10-14)20(2)19(23)18(17(15)22)24-11-13-6-4-3-5-7-13/h3-10,22H,11H2,1-2H3. The number of pyridine rings is 1. The number of hydrogen-bond donors (Lipinski definition) is 1. The lowest BCUT2D eigenvalue weighted by molar-refractivity contribution is -0.131. The molecule has 0 amide bonds. The van der Waals surface area contributed by atoms with E-state index in [0.29, 0.717) is 16.7 Å². The first-order valence-corrected chi connectivity index (χ1v) is 7.68. The fourth-order valence-corrected chi connectivity index (χ4v) is 2.56. The van der Waals surface area contributed by atoms with Crippen molar-refractivity contribution in [2.24, 2.45) is 7.05 Å². The van der Waals surface area contributed by atoms with E-state index in [2.05, 4.69) is 0 Å². The molecule has 0 aliphatic rings. The van der Waals surface area contributed by atoms with Gasteiger partial charge in [-0.2, -0.15) is 0 Å². The third kappa shape index (κ3) is 3.33. The van der Waals surface area contributed by atoms with E-state index in [9.17, 15) is 14.7 Å². The van der Waals surface area contributed by atoms with Crippen LogP contribution in [0.4, 0.5) is 0 Å². The van der Waals surface area contributed by atoms with Gasteiger partial charge in [-0.1, -0.05) is 30.3 Å². The summed E-state index contributed by atoms with van der Waals surface area (Å²) in [6.07, 6.45) is 0. The van der Waals surface area contributed by atoms with E-state index in [4.69, 9.17) is 9.47 Å². The zero-order valence-corrected chi connectivity index (χ0v) is 13.9. The molecule has 0 radical (unpaired) electrons. The summed E-state index contributed by atoms with van der Waals surface area (Å²) in [4.78, 5) is 23.6. The molecule has 0 saturated carbocycles. The second-order valence-corrected chi connectivity index (χ2v) is 5.59. The molecule has 6 heteroatoms. The van der Waals surface area contributed by atoms with Crippen LogP contribution < -0.4 is 15.0 Å². The summed E-state index contributed by atoms with van der Waals surface area (Å²) in [5.74, 6) is -0.508. The number of rotatable bonds is 4. The number of hydrogen-bond acceptors (Lipinski definition) is 5. The van der Waals surface area contributed by atoms with Gasteiger partial charge in [0, 0.05) is 25.4 Å². The van der Waals surface area contributed by atoms with E-state index in [0.717, 1.165) is 5.56 Å². The van der Waals surface area contributed by atoms with Crippen molar-refractivity contribution in [1.29, 1.82) is 0 Å². The van der Waals surface area contributed by atoms with Crippen molar-refractivity contribution >= 4 is 16.9 Å². The first kappa shape index (κ1) is 16.6. The van der Waals surface area contributed by atoms with Gasteiger partial charge in [0.05, 0.1) is 5.52 Å². The fourth-order valence-electron chi connectivity index (χ4n) is 2.56. The highest BCUT2D eigenvalue weighted by Crippen LogP contribution is 2.33. The smallest absolute Gasteiger partial charge is 0.308 e. The first-order valence-electron chi connectivity index (χ1n) is 7.68. The molecule has 1 heterocycles. The van der Waals surface area contributed by atoms with Gasteiger partial charge in [-0.3, -0.25) is 9.59 Å². The van der Waals surface area contributed by atoms with E-state index in [-0.39, 0.29) is 18.1 Å². The summed E-state index contributed by atoms with van der Waals surface area (Å²) in [5.41, 5.74) is 0.850. The highest BCUT2D eigenvalue weighted by atomic mass is 16.5. The summed E-state index contributed by atoms with van der Waals surface area (Å²) in [6, 6.07) is 14.0. The minimum atomic E-state index is -0.471. The molecule has 2 aromatic carbocycles. The number of fused-ring (bicyclic) bond motifs is 1. The number of ether oxygens (including phenoxy) is 2. The van der Waals surface area contributed by atoms with Crippen molar-refractivity contribution in [1.82, 2.24) is 4.57 Å². The Hall–Kier alpha value is -3.28. The number of aromatic nitrogens is 1. The molecule has 1 aromatic heterocycles. The van der Waals surface area contributed by atoms with Gasteiger partial charge in [0.15, 0.2) is 5.75 Å². The number of carbonyl (C=O) groups excluding carboxylic acids is 1. The summed E-state index contributed by atoms with van der Waals surface area (Å²) in [5, 5.41) is 10.9. The molecule has 0 unspecified atom stereocenters. The third-order valence-electron chi connectivity index (χ3n) is 3.79. The van der Waals surface area contributed by atoms with Crippen molar-refractivity contribution < 1.29 is 19.4 Å². The van der Waals surface area contributed by atoms with Crippen LogP contribution in [0.25, 0.3) is 10.9 Å². The maximum absolute atomic E-state index is 12.5. The van der Waals surface area contributed by atoms with Crippen molar-refractivity contribution in [2.75, 3.05) is 0 Å². The van der Waals surface area contributed by atoms with Crippen LogP contribution in [-0.2, 0) is 18.4 Å². The summed E-state index contributed by atoms with van der Waals surface area (Å²) in [7, 11) is 1.57. The lowest BCUT2D eigenvalue weighted by Crippen LogP contribution is -2.20. The quantitative estimate of drug-likeness (QED) is 0.584. The van der Waals surface area contributed by atoms with Gasteiger partial charge in [0.25, 0.3) is 5.56 Å². The van der Waals surface area contributed by atoms with Gasteiger partial charge >= 0.3 is 5.97 Å². The minimum absolute atomic E-state index is 0.112. The lowest BCUT2D eigenvalue weighted by Gasteiger charge is -2.13. The molecule has 0 atom stereocenters. The average molecular weight is 339 g/mol. The van der Waals surface area contributed by atoms with Crippen molar-refractivity contribution in [2.45, 2.75) is 13.5 Å². The van der Waals surface area contributed by atoms with Gasteiger partial charge in [-0.15, -0.1) is 0 Å². The monoisotopic (exact) mass is 339 g/mol. The Morgan fingerprint density at radius 2 is 1.88 bits per heavy atom. The molecule has 6 nitrogen and oxygen atoms in total. The number of aromatic hydroxyl groups is 1. The van der Waals surface area contributed by atoms with Crippen LogP contribution in [0.3, 0.4) is 0 Å². The molecule has 3 rings (SSSR count). The Morgan fingerprint density at radius 1 is 1.16 bits per heavy atom. The van der Waals surface area contributed by atoms with Gasteiger partial charge in [0.1, 0.15) is 12.4 Å². The van der Waals surface area contributed by atoms with E-state index in [1.807, 2.05) is 30.3 Å². The van der Waals surface area contributed by atoms with Gasteiger partial charge < -0.3 is 19.1 Å². The Bertz CT molecular complexity index is 992. The number of carbonyl (C=O) groups is 1. The minimum Gasteiger partial charge on any atom is -0.504 e. The van der Waals surface area contributed by atoms with Gasteiger partial charge in [-0.25, -0.2) is 0 Å². The number of nitrogens with zero attached hydrogens (tertiary/aromatic N) is 1. The second-order valence-electron chi connectivity index (χ2n) is 5.59. The van der Waals surface area contributed by atoms with Crippen LogP contribution in [0.2, 0.25) is 0 Å². The molecule has 25 heavy (non-hydrogen) atoms. The number of esters is 1. The van der Waals surface area contributed by atoms with E-state index in [1.54, 1.807) is 19.2 Å². The Labute approximate surface area is 143 Å². The Kier molecular flexibility index (Phi) is 4.43. The molecule has 3 aromatic rings. The second kappa shape index (κ2) is 6.68. The van der Waals surface area contributed by atoms with E-state index < -0.39 is 11.5 Å². The van der Waals surface area contributed by atoms with Crippen LogP contribution in [0.5, 0.6) is 17.2 Å². The fraction of sp³-hybridized carbons (Fsp3) is 0.158. The molecular weight excluding hydrogens is 322 g/mol. The lowest BCUT2D eigenvalue weighted by atomic mass is 10.1. The van der Waals surface area contributed by atoms with Crippen LogP contribution in [0.1, 0.15) is 12.5 Å². The highest BCUT2D eigenvalue weighted by molar-refractivity contribution is 5.89. The zero-order valence-electron chi connectivity index (χ0n) is 13.9. The molecule has 0 aliphatic carbocycles. The molecule has 0 saturated heterocycles. The molecule has 0 aliphatic heterocycles. The molecule has 0 spiro atoms.